The number of benzene rings is 1. The third-order valence-corrected chi connectivity index (χ3v) is 6.10. The van der Waals surface area contributed by atoms with Crippen LogP contribution >= 0.6 is 0 Å². The number of amides is 1. The molecule has 0 bridgehead atoms. The van der Waals surface area contributed by atoms with Crippen molar-refractivity contribution in [3.8, 4) is 0 Å². The van der Waals surface area contributed by atoms with Crippen molar-refractivity contribution in [3.63, 3.8) is 0 Å². The molecule has 1 aromatic carbocycles. The zero-order valence-electron chi connectivity index (χ0n) is 15.0. The van der Waals surface area contributed by atoms with Crippen molar-refractivity contribution in [3.05, 3.63) is 48.2 Å². The molecule has 0 aromatic heterocycles. The minimum atomic E-state index is -3.40. The van der Waals surface area contributed by atoms with Crippen LogP contribution in [0, 0.1) is 0 Å². The first-order chi connectivity index (χ1) is 13.0. The number of anilines is 2. The smallest absolute Gasteiger partial charge is 0.257 e. The van der Waals surface area contributed by atoms with Gasteiger partial charge in [0.1, 0.15) is 5.84 Å². The third kappa shape index (κ3) is 3.90. The number of hydrogen-bond donors (Lipinski definition) is 1. The van der Waals surface area contributed by atoms with Crippen molar-refractivity contribution in [2.75, 3.05) is 35.6 Å². The molecule has 3 aliphatic rings. The van der Waals surface area contributed by atoms with Crippen molar-refractivity contribution in [1.29, 1.82) is 0 Å². The molecule has 3 heterocycles. The van der Waals surface area contributed by atoms with Gasteiger partial charge in [-0.15, -0.1) is 4.40 Å². The van der Waals surface area contributed by atoms with Gasteiger partial charge in [-0.3, -0.25) is 4.79 Å². The highest BCUT2D eigenvalue weighted by Gasteiger charge is 2.25. The van der Waals surface area contributed by atoms with Crippen LogP contribution in [0.4, 0.5) is 11.4 Å². The van der Waals surface area contributed by atoms with E-state index in [0.29, 0.717) is 18.0 Å². The van der Waals surface area contributed by atoms with Gasteiger partial charge >= 0.3 is 0 Å². The number of piperidine rings is 1. The van der Waals surface area contributed by atoms with Crippen molar-refractivity contribution in [2.24, 2.45) is 4.40 Å². The van der Waals surface area contributed by atoms with Crippen LogP contribution in [0.2, 0.25) is 0 Å². The lowest BCUT2D eigenvalue weighted by atomic mass is 10.1. The Kier molecular flexibility index (Phi) is 4.73. The lowest BCUT2D eigenvalue weighted by Gasteiger charge is -2.31. The molecule has 0 spiro atoms. The molecule has 1 N–H and O–H groups in total. The summed E-state index contributed by atoms with van der Waals surface area (Å²) in [5, 5.41) is 3.00. The highest BCUT2D eigenvalue weighted by molar-refractivity contribution is 7.90. The maximum absolute atomic E-state index is 12.8. The van der Waals surface area contributed by atoms with Crippen molar-refractivity contribution in [2.45, 2.75) is 19.3 Å². The number of para-hydroxylation sites is 2. The van der Waals surface area contributed by atoms with Gasteiger partial charge in [-0.05, 0) is 43.5 Å². The number of carbonyl (C=O) groups excluding carboxylic acids is 1. The highest BCUT2D eigenvalue weighted by Crippen LogP contribution is 2.29. The summed E-state index contributed by atoms with van der Waals surface area (Å²) in [4.78, 5) is 16.8. The molecule has 1 fully saturated rings. The Labute approximate surface area is 159 Å². The molecule has 0 aliphatic carbocycles. The van der Waals surface area contributed by atoms with Crippen molar-refractivity contribution < 1.29 is 13.2 Å². The third-order valence-electron chi connectivity index (χ3n) is 4.94. The van der Waals surface area contributed by atoms with Gasteiger partial charge in [0.15, 0.2) is 0 Å². The van der Waals surface area contributed by atoms with E-state index in [9.17, 15) is 13.2 Å². The first kappa shape index (κ1) is 17.8. The van der Waals surface area contributed by atoms with E-state index in [1.54, 1.807) is 23.3 Å². The molecule has 142 valence electrons. The predicted octanol–water partition coefficient (Wildman–Crippen LogP) is 2.11. The van der Waals surface area contributed by atoms with E-state index in [4.69, 9.17) is 0 Å². The van der Waals surface area contributed by atoms with Crippen LogP contribution in [0.3, 0.4) is 0 Å². The summed E-state index contributed by atoms with van der Waals surface area (Å²) in [5.74, 6) is 0.0859. The van der Waals surface area contributed by atoms with E-state index in [2.05, 4.69) is 14.6 Å². The fraction of sp³-hybridized carbons (Fsp3) is 0.368. The van der Waals surface area contributed by atoms with E-state index >= 15 is 0 Å². The second-order valence-electron chi connectivity index (χ2n) is 6.87. The Morgan fingerprint density at radius 1 is 1.04 bits per heavy atom. The summed E-state index contributed by atoms with van der Waals surface area (Å²) in [6, 6.07) is 7.84. The molecule has 27 heavy (non-hydrogen) atoms. The molecular weight excluding hydrogens is 364 g/mol. The molecule has 7 nitrogen and oxygen atoms in total. The maximum Gasteiger partial charge on any atom is 0.257 e. The number of nitrogens with one attached hydrogen (secondary N) is 1. The predicted molar refractivity (Wildman–Crippen MR) is 106 cm³/mol. The van der Waals surface area contributed by atoms with Crippen LogP contribution in [-0.4, -0.2) is 50.4 Å². The van der Waals surface area contributed by atoms with Gasteiger partial charge in [0.25, 0.3) is 15.9 Å². The van der Waals surface area contributed by atoms with Crippen molar-refractivity contribution in [1.82, 2.24) is 4.90 Å². The fourth-order valence-electron chi connectivity index (χ4n) is 3.52. The Hall–Kier alpha value is -2.61. The Morgan fingerprint density at radius 3 is 2.63 bits per heavy atom. The van der Waals surface area contributed by atoms with Crippen LogP contribution in [0.15, 0.2) is 52.6 Å². The van der Waals surface area contributed by atoms with Crippen LogP contribution in [-0.2, 0) is 14.8 Å². The molecular formula is C19H22N4O3S. The molecule has 0 radical (unpaired) electrons. The van der Waals surface area contributed by atoms with Gasteiger partial charge in [-0.2, -0.15) is 0 Å². The van der Waals surface area contributed by atoms with Crippen LogP contribution < -0.4 is 10.2 Å². The van der Waals surface area contributed by atoms with E-state index < -0.39 is 10.0 Å². The average molecular weight is 386 g/mol. The van der Waals surface area contributed by atoms with E-state index in [1.807, 2.05) is 24.3 Å². The second kappa shape index (κ2) is 7.19. The number of amidine groups is 1. The van der Waals surface area contributed by atoms with Crippen LogP contribution in [0.25, 0.3) is 0 Å². The number of hydrogen-bond acceptors (Lipinski definition) is 5. The lowest BCUT2D eigenvalue weighted by molar-refractivity contribution is -0.112. The Morgan fingerprint density at radius 2 is 1.81 bits per heavy atom. The SMILES string of the molecule is O=C(Nc1ccccc1N1CCCCC1)C1=CN2CCS(=O)(=O)N=C2C=C1. The van der Waals surface area contributed by atoms with Crippen LogP contribution in [0.5, 0.6) is 0 Å². The van der Waals surface area contributed by atoms with Crippen LogP contribution in [0.1, 0.15) is 19.3 Å². The average Bonchev–Trinajstić information content (AvgIpc) is 2.68. The Balaban J connectivity index is 1.52. The van der Waals surface area contributed by atoms with E-state index in [-0.39, 0.29) is 11.7 Å². The van der Waals surface area contributed by atoms with E-state index in [1.165, 1.54) is 6.42 Å². The molecule has 1 saturated heterocycles. The summed E-state index contributed by atoms with van der Waals surface area (Å²) in [5.41, 5.74) is 2.30. The normalized spacial score (nSPS) is 21.2. The first-order valence-corrected chi connectivity index (χ1v) is 10.8. The summed E-state index contributed by atoms with van der Waals surface area (Å²) < 4.78 is 26.9. The van der Waals surface area contributed by atoms with Gasteiger partial charge in [-0.1, -0.05) is 12.1 Å². The number of nitrogens with zero attached hydrogens (tertiary/aromatic N) is 3. The zero-order chi connectivity index (χ0) is 18.9. The van der Waals surface area contributed by atoms with E-state index in [0.717, 1.165) is 37.3 Å². The summed E-state index contributed by atoms with van der Waals surface area (Å²) in [6.07, 6.45) is 8.41. The standard InChI is InChI=1S/C19H22N4O3S/c24-19(15-8-9-18-21-27(25,26)13-12-23(18)14-15)20-16-6-2-3-7-17(16)22-10-4-1-5-11-22/h2-3,6-9,14H,1,4-5,10-13H2,(H,20,24). The minimum Gasteiger partial charge on any atom is -0.370 e. The summed E-state index contributed by atoms with van der Waals surface area (Å²) in [7, 11) is -3.40. The minimum absolute atomic E-state index is 0.0481. The molecule has 8 heteroatoms. The van der Waals surface area contributed by atoms with Crippen molar-refractivity contribution >= 4 is 33.1 Å². The van der Waals surface area contributed by atoms with Gasteiger partial charge < -0.3 is 15.1 Å². The maximum atomic E-state index is 12.8. The quantitative estimate of drug-likeness (QED) is 0.860. The summed E-state index contributed by atoms with van der Waals surface area (Å²) >= 11 is 0. The molecule has 0 unspecified atom stereocenters. The molecule has 0 atom stereocenters. The molecule has 4 rings (SSSR count). The molecule has 1 amide bonds. The second-order valence-corrected chi connectivity index (χ2v) is 8.62. The zero-order valence-corrected chi connectivity index (χ0v) is 15.8. The number of fused-ring (bicyclic) bond motifs is 1. The monoisotopic (exact) mass is 386 g/mol. The first-order valence-electron chi connectivity index (χ1n) is 9.16. The molecule has 1 aromatic rings. The number of carbonyl (C=O) groups is 1. The van der Waals surface area contributed by atoms with Gasteiger partial charge in [0, 0.05) is 25.8 Å². The van der Waals surface area contributed by atoms with Gasteiger partial charge in [-0.25, -0.2) is 8.42 Å². The lowest BCUT2D eigenvalue weighted by Crippen LogP contribution is -2.37. The Bertz CT molecular complexity index is 943. The largest absolute Gasteiger partial charge is 0.370 e. The fourth-order valence-corrected chi connectivity index (χ4v) is 4.49. The molecule has 3 aliphatic heterocycles. The topological polar surface area (TPSA) is 82.1 Å². The number of rotatable bonds is 3. The highest BCUT2D eigenvalue weighted by atomic mass is 32.2. The van der Waals surface area contributed by atoms with Gasteiger partial charge in [0.2, 0.25) is 0 Å². The summed E-state index contributed by atoms with van der Waals surface area (Å²) in [6.45, 7) is 2.29. The number of sulfonamides is 1. The van der Waals surface area contributed by atoms with Gasteiger partial charge in [0.05, 0.1) is 22.7 Å². The molecule has 0 saturated carbocycles.